The van der Waals surface area contributed by atoms with E-state index < -0.39 is 0 Å². The van der Waals surface area contributed by atoms with E-state index in [0.717, 1.165) is 40.1 Å². The molecule has 2 aromatic carbocycles. The maximum Gasteiger partial charge on any atom is 0.224 e. The van der Waals surface area contributed by atoms with E-state index in [1.807, 2.05) is 56.3 Å². The molecule has 1 amide bonds. The molecule has 0 unspecified atom stereocenters. The fourth-order valence-electron chi connectivity index (χ4n) is 2.48. The number of hydrogen-bond acceptors (Lipinski definition) is 2. The summed E-state index contributed by atoms with van der Waals surface area (Å²) in [6, 6.07) is 13.9. The van der Waals surface area contributed by atoms with Crippen molar-refractivity contribution in [2.75, 3.05) is 5.32 Å². The van der Waals surface area contributed by atoms with Crippen LogP contribution in [-0.2, 0) is 4.79 Å². The predicted octanol–water partition coefficient (Wildman–Crippen LogP) is 4.28. The molecule has 22 heavy (non-hydrogen) atoms. The van der Waals surface area contributed by atoms with E-state index in [1.165, 1.54) is 0 Å². The molecule has 4 nitrogen and oxygen atoms in total. The lowest BCUT2D eigenvalue weighted by atomic mass is 10.1. The highest BCUT2D eigenvalue weighted by Crippen LogP contribution is 2.25. The van der Waals surface area contributed by atoms with E-state index in [-0.39, 0.29) is 5.91 Å². The predicted molar refractivity (Wildman–Crippen MR) is 89.8 cm³/mol. The van der Waals surface area contributed by atoms with Gasteiger partial charge in [0.05, 0.1) is 11.0 Å². The van der Waals surface area contributed by atoms with Crippen LogP contribution in [0.2, 0.25) is 0 Å². The quantitative estimate of drug-likeness (QED) is 0.754. The number of carbonyl (C=O) groups excluding carboxylic acids is 1. The molecule has 3 rings (SSSR count). The number of rotatable bonds is 4. The molecule has 1 heterocycles. The average molecular weight is 293 g/mol. The largest absolute Gasteiger partial charge is 0.338 e. The third-order valence-corrected chi connectivity index (χ3v) is 3.64. The molecule has 3 aromatic rings. The Labute approximate surface area is 129 Å². The first-order chi connectivity index (χ1) is 10.7. The van der Waals surface area contributed by atoms with Gasteiger partial charge in [0.1, 0.15) is 5.82 Å². The fourth-order valence-corrected chi connectivity index (χ4v) is 2.48. The number of H-pyrrole nitrogens is 1. The molecule has 0 aliphatic rings. The van der Waals surface area contributed by atoms with Crippen LogP contribution in [0.15, 0.2) is 42.5 Å². The number of nitrogens with one attached hydrogen (secondary N) is 2. The minimum absolute atomic E-state index is 0.0575. The van der Waals surface area contributed by atoms with Gasteiger partial charge in [-0.3, -0.25) is 4.79 Å². The summed E-state index contributed by atoms with van der Waals surface area (Å²) < 4.78 is 0. The number of hydrogen-bond donors (Lipinski definition) is 2. The first-order valence-corrected chi connectivity index (χ1v) is 7.53. The number of para-hydroxylation sites is 2. The molecular weight excluding hydrogens is 274 g/mol. The van der Waals surface area contributed by atoms with Crippen LogP contribution in [0.4, 0.5) is 5.69 Å². The minimum Gasteiger partial charge on any atom is -0.338 e. The number of carbonyl (C=O) groups is 1. The molecule has 0 fully saturated rings. The van der Waals surface area contributed by atoms with Crippen LogP contribution in [0.1, 0.15) is 25.3 Å². The number of aryl methyl sites for hydroxylation is 1. The SMILES string of the molecule is CCCC(=O)Nc1ccc(-c2nc3ccccc3[nH]2)cc1C. The van der Waals surface area contributed by atoms with Gasteiger partial charge in [0.15, 0.2) is 0 Å². The van der Waals surface area contributed by atoms with Crippen LogP contribution in [-0.4, -0.2) is 15.9 Å². The van der Waals surface area contributed by atoms with Gasteiger partial charge < -0.3 is 10.3 Å². The standard InChI is InChI=1S/C18H19N3O/c1-3-6-17(22)19-14-10-9-13(11-12(14)2)18-20-15-7-4-5-8-16(15)21-18/h4-5,7-11H,3,6H2,1-2H3,(H,19,22)(H,20,21). The normalized spacial score (nSPS) is 10.8. The number of amides is 1. The van der Waals surface area contributed by atoms with Gasteiger partial charge in [0.2, 0.25) is 5.91 Å². The zero-order valence-electron chi connectivity index (χ0n) is 12.8. The van der Waals surface area contributed by atoms with E-state index in [1.54, 1.807) is 0 Å². The Balaban J connectivity index is 1.89. The lowest BCUT2D eigenvalue weighted by Gasteiger charge is -2.09. The molecule has 112 valence electrons. The van der Waals surface area contributed by atoms with Crippen molar-refractivity contribution < 1.29 is 4.79 Å². The Morgan fingerprint density at radius 3 is 2.77 bits per heavy atom. The number of imidazole rings is 1. The fraction of sp³-hybridized carbons (Fsp3) is 0.222. The first kappa shape index (κ1) is 14.3. The smallest absolute Gasteiger partial charge is 0.224 e. The van der Waals surface area contributed by atoms with Gasteiger partial charge in [-0.15, -0.1) is 0 Å². The third-order valence-electron chi connectivity index (χ3n) is 3.64. The molecule has 0 aliphatic carbocycles. The topological polar surface area (TPSA) is 57.8 Å². The molecule has 0 saturated heterocycles. The number of fused-ring (bicyclic) bond motifs is 1. The number of aromatic amines is 1. The zero-order valence-corrected chi connectivity index (χ0v) is 12.8. The molecular formula is C18H19N3O. The van der Waals surface area contributed by atoms with Gasteiger partial charge in [-0.1, -0.05) is 19.1 Å². The van der Waals surface area contributed by atoms with E-state index >= 15 is 0 Å². The van der Waals surface area contributed by atoms with Gasteiger partial charge in [-0.25, -0.2) is 4.98 Å². The molecule has 0 radical (unpaired) electrons. The molecule has 1 aromatic heterocycles. The summed E-state index contributed by atoms with van der Waals surface area (Å²) in [7, 11) is 0. The van der Waals surface area contributed by atoms with Crippen molar-refractivity contribution in [2.45, 2.75) is 26.7 Å². The maximum atomic E-state index is 11.7. The molecule has 0 spiro atoms. The van der Waals surface area contributed by atoms with Crippen LogP contribution < -0.4 is 5.32 Å². The molecule has 0 saturated carbocycles. The summed E-state index contributed by atoms with van der Waals surface area (Å²) >= 11 is 0. The number of aromatic nitrogens is 2. The Kier molecular flexibility index (Phi) is 3.92. The summed E-state index contributed by atoms with van der Waals surface area (Å²) in [5, 5.41) is 2.95. The van der Waals surface area contributed by atoms with Crippen molar-refractivity contribution in [3.63, 3.8) is 0 Å². The van der Waals surface area contributed by atoms with Gasteiger partial charge in [-0.2, -0.15) is 0 Å². The van der Waals surface area contributed by atoms with E-state index in [9.17, 15) is 4.79 Å². The molecule has 2 N–H and O–H groups in total. The summed E-state index contributed by atoms with van der Waals surface area (Å²) in [5.41, 5.74) is 4.88. The van der Waals surface area contributed by atoms with Crippen LogP contribution in [0, 0.1) is 6.92 Å². The number of benzene rings is 2. The highest BCUT2D eigenvalue weighted by Gasteiger charge is 2.08. The Hall–Kier alpha value is -2.62. The van der Waals surface area contributed by atoms with Gasteiger partial charge in [-0.05, 0) is 49.2 Å². The van der Waals surface area contributed by atoms with Crippen molar-refractivity contribution in [2.24, 2.45) is 0 Å². The van der Waals surface area contributed by atoms with Crippen molar-refractivity contribution in [1.29, 1.82) is 0 Å². The minimum atomic E-state index is 0.0575. The molecule has 0 aliphatic heterocycles. The first-order valence-electron chi connectivity index (χ1n) is 7.53. The van der Waals surface area contributed by atoms with E-state index in [0.29, 0.717) is 6.42 Å². The van der Waals surface area contributed by atoms with Crippen molar-refractivity contribution in [3.05, 3.63) is 48.0 Å². The lowest BCUT2D eigenvalue weighted by Crippen LogP contribution is -2.11. The Morgan fingerprint density at radius 2 is 2.05 bits per heavy atom. The van der Waals surface area contributed by atoms with E-state index in [2.05, 4.69) is 15.3 Å². The number of anilines is 1. The molecule has 4 heteroatoms. The van der Waals surface area contributed by atoms with Gasteiger partial charge in [0, 0.05) is 17.7 Å². The second-order valence-electron chi connectivity index (χ2n) is 5.43. The summed E-state index contributed by atoms with van der Waals surface area (Å²) in [5.74, 6) is 0.901. The molecule has 0 atom stereocenters. The maximum absolute atomic E-state index is 11.7. The third kappa shape index (κ3) is 2.86. The Bertz CT molecular complexity index is 787. The summed E-state index contributed by atoms with van der Waals surface area (Å²) in [4.78, 5) is 19.6. The zero-order chi connectivity index (χ0) is 15.5. The van der Waals surface area contributed by atoms with Crippen LogP contribution in [0.5, 0.6) is 0 Å². The van der Waals surface area contributed by atoms with Crippen LogP contribution >= 0.6 is 0 Å². The van der Waals surface area contributed by atoms with Crippen molar-refractivity contribution in [3.8, 4) is 11.4 Å². The highest BCUT2D eigenvalue weighted by atomic mass is 16.1. The van der Waals surface area contributed by atoms with Crippen molar-refractivity contribution >= 4 is 22.6 Å². The van der Waals surface area contributed by atoms with Crippen LogP contribution in [0.25, 0.3) is 22.4 Å². The van der Waals surface area contributed by atoms with Crippen LogP contribution in [0.3, 0.4) is 0 Å². The summed E-state index contributed by atoms with van der Waals surface area (Å²) in [6.07, 6.45) is 1.40. The van der Waals surface area contributed by atoms with E-state index in [4.69, 9.17) is 0 Å². The monoisotopic (exact) mass is 293 g/mol. The summed E-state index contributed by atoms with van der Waals surface area (Å²) in [6.45, 7) is 3.99. The van der Waals surface area contributed by atoms with Gasteiger partial charge >= 0.3 is 0 Å². The lowest BCUT2D eigenvalue weighted by molar-refractivity contribution is -0.116. The highest BCUT2D eigenvalue weighted by molar-refractivity contribution is 5.92. The second-order valence-corrected chi connectivity index (χ2v) is 5.43. The molecule has 0 bridgehead atoms. The van der Waals surface area contributed by atoms with Gasteiger partial charge in [0.25, 0.3) is 0 Å². The Morgan fingerprint density at radius 1 is 1.23 bits per heavy atom. The van der Waals surface area contributed by atoms with Crippen molar-refractivity contribution in [1.82, 2.24) is 9.97 Å². The average Bonchev–Trinajstić information content (AvgIpc) is 2.93. The second kappa shape index (κ2) is 6.02. The number of nitrogens with zero attached hydrogens (tertiary/aromatic N) is 1.